The average molecular weight is 334 g/mol. The smallest absolute Gasteiger partial charge is 0.146 e. The van der Waals surface area contributed by atoms with Gasteiger partial charge in [-0.3, -0.25) is 9.88 Å². The molecule has 2 aromatic rings. The van der Waals surface area contributed by atoms with Crippen molar-refractivity contribution in [2.45, 2.75) is 26.2 Å². The molecule has 4 nitrogen and oxygen atoms in total. The van der Waals surface area contributed by atoms with Gasteiger partial charge in [-0.15, -0.1) is 0 Å². The SMILES string of the molecule is COC1CN(Cc2ncc(-c3c(C)ccc(CO)c3F)cc2F)C1. The van der Waals surface area contributed by atoms with E-state index >= 15 is 0 Å². The minimum Gasteiger partial charge on any atom is -0.392 e. The lowest BCUT2D eigenvalue weighted by Gasteiger charge is -2.37. The second kappa shape index (κ2) is 6.93. The van der Waals surface area contributed by atoms with Crippen molar-refractivity contribution in [3.05, 3.63) is 52.9 Å². The molecular formula is C18H20F2N2O2. The van der Waals surface area contributed by atoms with Gasteiger partial charge in [0.25, 0.3) is 0 Å². The number of benzene rings is 1. The van der Waals surface area contributed by atoms with Crippen molar-refractivity contribution in [1.82, 2.24) is 9.88 Å². The highest BCUT2D eigenvalue weighted by Crippen LogP contribution is 2.29. The number of aromatic nitrogens is 1. The van der Waals surface area contributed by atoms with Gasteiger partial charge in [0.2, 0.25) is 0 Å². The molecule has 128 valence electrons. The van der Waals surface area contributed by atoms with E-state index in [1.165, 1.54) is 18.3 Å². The van der Waals surface area contributed by atoms with E-state index < -0.39 is 18.2 Å². The van der Waals surface area contributed by atoms with Gasteiger partial charge >= 0.3 is 0 Å². The third kappa shape index (κ3) is 3.17. The molecule has 0 bridgehead atoms. The summed E-state index contributed by atoms with van der Waals surface area (Å²) in [5.41, 5.74) is 1.85. The molecule has 1 aromatic carbocycles. The second-order valence-corrected chi connectivity index (χ2v) is 6.09. The van der Waals surface area contributed by atoms with Crippen molar-refractivity contribution in [2.75, 3.05) is 20.2 Å². The molecule has 1 N–H and O–H groups in total. The van der Waals surface area contributed by atoms with Gasteiger partial charge in [-0.2, -0.15) is 0 Å². The zero-order chi connectivity index (χ0) is 17.3. The highest BCUT2D eigenvalue weighted by Gasteiger charge is 2.27. The summed E-state index contributed by atoms with van der Waals surface area (Å²) in [4.78, 5) is 6.22. The third-order valence-corrected chi connectivity index (χ3v) is 4.44. The van der Waals surface area contributed by atoms with Gasteiger partial charge < -0.3 is 9.84 Å². The number of likely N-dealkylation sites (tertiary alicyclic amines) is 1. The van der Waals surface area contributed by atoms with E-state index in [9.17, 15) is 13.9 Å². The Labute approximate surface area is 139 Å². The van der Waals surface area contributed by atoms with Crippen molar-refractivity contribution < 1.29 is 18.6 Å². The number of nitrogens with zero attached hydrogens (tertiary/aromatic N) is 2. The number of hydrogen-bond donors (Lipinski definition) is 1. The Hall–Kier alpha value is -1.89. The quantitative estimate of drug-likeness (QED) is 0.913. The number of rotatable bonds is 5. The maximum absolute atomic E-state index is 14.5. The predicted molar refractivity (Wildman–Crippen MR) is 86.3 cm³/mol. The lowest BCUT2D eigenvalue weighted by atomic mass is 9.98. The standard InChI is InChI=1S/C18H20F2N2O2/c1-11-3-4-12(10-23)18(20)17(11)13-5-15(19)16(21-6-13)9-22-7-14(8-22)24-2/h3-6,14,23H,7-10H2,1-2H3. The molecule has 1 fully saturated rings. The molecule has 2 heterocycles. The van der Waals surface area contributed by atoms with E-state index in [4.69, 9.17) is 4.74 Å². The zero-order valence-electron chi connectivity index (χ0n) is 13.7. The van der Waals surface area contributed by atoms with Crippen LogP contribution >= 0.6 is 0 Å². The summed E-state index contributed by atoms with van der Waals surface area (Å²) < 4.78 is 34.1. The van der Waals surface area contributed by atoms with E-state index in [1.807, 2.05) is 4.90 Å². The molecule has 0 spiro atoms. The first-order valence-electron chi connectivity index (χ1n) is 7.82. The Balaban J connectivity index is 1.85. The van der Waals surface area contributed by atoms with Crippen LogP contribution in [0, 0.1) is 18.6 Å². The van der Waals surface area contributed by atoms with Gasteiger partial charge in [0.15, 0.2) is 0 Å². The largest absolute Gasteiger partial charge is 0.392 e. The molecule has 0 saturated carbocycles. The molecule has 0 amide bonds. The molecule has 0 atom stereocenters. The second-order valence-electron chi connectivity index (χ2n) is 6.09. The number of halogens is 2. The number of pyridine rings is 1. The van der Waals surface area contributed by atoms with Gasteiger partial charge in [-0.1, -0.05) is 12.1 Å². The first-order chi connectivity index (χ1) is 11.5. The normalized spacial score (nSPS) is 15.5. The minimum absolute atomic E-state index is 0.186. The van der Waals surface area contributed by atoms with Crippen molar-refractivity contribution in [3.8, 4) is 11.1 Å². The molecular weight excluding hydrogens is 314 g/mol. The van der Waals surface area contributed by atoms with Crippen molar-refractivity contribution in [2.24, 2.45) is 0 Å². The van der Waals surface area contributed by atoms with E-state index in [-0.39, 0.29) is 17.2 Å². The van der Waals surface area contributed by atoms with Gasteiger partial charge in [0.1, 0.15) is 11.6 Å². The van der Waals surface area contributed by atoms with Crippen LogP contribution in [0.5, 0.6) is 0 Å². The van der Waals surface area contributed by atoms with Crippen LogP contribution in [0.2, 0.25) is 0 Å². The monoisotopic (exact) mass is 334 g/mol. The lowest BCUT2D eigenvalue weighted by Crippen LogP contribution is -2.51. The van der Waals surface area contributed by atoms with Crippen molar-refractivity contribution >= 4 is 0 Å². The highest BCUT2D eigenvalue weighted by atomic mass is 19.1. The van der Waals surface area contributed by atoms with Crippen LogP contribution < -0.4 is 0 Å². The molecule has 0 unspecified atom stereocenters. The minimum atomic E-state index is -0.530. The number of aryl methyl sites for hydroxylation is 1. The van der Waals surface area contributed by atoms with Gasteiger partial charge in [0, 0.05) is 49.6 Å². The fourth-order valence-corrected chi connectivity index (χ4v) is 2.92. The summed E-state index contributed by atoms with van der Waals surface area (Å²) in [6, 6.07) is 4.55. The first-order valence-corrected chi connectivity index (χ1v) is 7.82. The molecule has 1 saturated heterocycles. The summed E-state index contributed by atoms with van der Waals surface area (Å²) >= 11 is 0. The highest BCUT2D eigenvalue weighted by molar-refractivity contribution is 5.68. The molecule has 6 heteroatoms. The topological polar surface area (TPSA) is 45.6 Å². The Morgan fingerprint density at radius 2 is 2.08 bits per heavy atom. The maximum atomic E-state index is 14.5. The molecule has 3 rings (SSSR count). The molecule has 0 aliphatic carbocycles. The summed E-state index contributed by atoms with van der Waals surface area (Å²) in [6.07, 6.45) is 1.68. The van der Waals surface area contributed by atoms with Crippen molar-refractivity contribution in [1.29, 1.82) is 0 Å². The van der Waals surface area contributed by atoms with Gasteiger partial charge in [-0.25, -0.2) is 8.78 Å². The fourth-order valence-electron chi connectivity index (χ4n) is 2.92. The Morgan fingerprint density at radius 1 is 1.33 bits per heavy atom. The molecule has 24 heavy (non-hydrogen) atoms. The van der Waals surface area contributed by atoms with Crippen LogP contribution in [-0.2, 0) is 17.9 Å². The van der Waals surface area contributed by atoms with Crippen LogP contribution in [0.4, 0.5) is 8.78 Å². The van der Waals surface area contributed by atoms with Crippen LogP contribution in [0.3, 0.4) is 0 Å². The van der Waals surface area contributed by atoms with Gasteiger partial charge in [-0.05, 0) is 18.6 Å². The summed E-state index contributed by atoms with van der Waals surface area (Å²) in [5.74, 6) is -0.987. The lowest BCUT2D eigenvalue weighted by molar-refractivity contribution is -0.0343. The Morgan fingerprint density at radius 3 is 2.71 bits per heavy atom. The van der Waals surface area contributed by atoms with Crippen LogP contribution in [-0.4, -0.2) is 41.3 Å². The summed E-state index contributed by atoms with van der Waals surface area (Å²) in [7, 11) is 1.66. The molecule has 0 radical (unpaired) electrons. The number of hydrogen-bond acceptors (Lipinski definition) is 4. The van der Waals surface area contributed by atoms with E-state index in [2.05, 4.69) is 4.98 Å². The Bertz CT molecular complexity index is 746. The Kier molecular flexibility index (Phi) is 4.89. The van der Waals surface area contributed by atoms with Crippen LogP contribution in [0.15, 0.2) is 24.4 Å². The number of aliphatic hydroxyl groups excluding tert-OH is 1. The number of ether oxygens (including phenoxy) is 1. The third-order valence-electron chi connectivity index (χ3n) is 4.44. The number of aliphatic hydroxyl groups is 1. The molecule has 1 aromatic heterocycles. The first kappa shape index (κ1) is 17.0. The average Bonchev–Trinajstić information content (AvgIpc) is 2.52. The maximum Gasteiger partial charge on any atom is 0.146 e. The molecule has 1 aliphatic rings. The fraction of sp³-hybridized carbons (Fsp3) is 0.389. The summed E-state index contributed by atoms with van der Waals surface area (Å²) in [6.45, 7) is 3.26. The van der Waals surface area contributed by atoms with E-state index in [0.717, 1.165) is 13.1 Å². The summed E-state index contributed by atoms with van der Waals surface area (Å²) in [5, 5.41) is 9.21. The van der Waals surface area contributed by atoms with Crippen molar-refractivity contribution in [3.63, 3.8) is 0 Å². The van der Waals surface area contributed by atoms with E-state index in [1.54, 1.807) is 20.1 Å². The van der Waals surface area contributed by atoms with Gasteiger partial charge in [0.05, 0.1) is 18.4 Å². The van der Waals surface area contributed by atoms with Crippen LogP contribution in [0.1, 0.15) is 16.8 Å². The molecule has 1 aliphatic heterocycles. The van der Waals surface area contributed by atoms with Crippen LogP contribution in [0.25, 0.3) is 11.1 Å². The number of methoxy groups -OCH3 is 1. The van der Waals surface area contributed by atoms with E-state index in [0.29, 0.717) is 23.4 Å². The zero-order valence-corrected chi connectivity index (χ0v) is 13.7. The predicted octanol–water partition coefficient (Wildman–Crippen LogP) is 2.66.